The van der Waals surface area contributed by atoms with Crippen molar-refractivity contribution >= 4 is 5.97 Å². The van der Waals surface area contributed by atoms with E-state index in [0.29, 0.717) is 6.42 Å². The van der Waals surface area contributed by atoms with Crippen LogP contribution in [0.3, 0.4) is 0 Å². The Morgan fingerprint density at radius 2 is 2.00 bits per heavy atom. The molecule has 0 saturated carbocycles. The number of ether oxygens (including phenoxy) is 1. The van der Waals surface area contributed by atoms with E-state index >= 15 is 0 Å². The Labute approximate surface area is 109 Å². The number of rotatable bonds is 0. The van der Waals surface area contributed by atoms with Crippen molar-refractivity contribution in [1.29, 1.82) is 0 Å². The summed E-state index contributed by atoms with van der Waals surface area (Å²) in [4.78, 5) is 11.7. The minimum Gasteiger partial charge on any atom is -0.458 e. The van der Waals surface area contributed by atoms with Crippen LogP contribution in [-0.4, -0.2) is 23.3 Å². The Hall–Kier alpha value is -1.09. The molecule has 18 heavy (non-hydrogen) atoms. The molecule has 1 unspecified atom stereocenters. The molecular weight excluding hydrogens is 228 g/mol. The maximum absolute atomic E-state index is 11.7. The molecule has 0 bridgehead atoms. The first-order valence-electron chi connectivity index (χ1n) is 6.70. The van der Waals surface area contributed by atoms with Gasteiger partial charge in [-0.05, 0) is 39.2 Å². The lowest BCUT2D eigenvalue weighted by molar-refractivity contribution is -0.142. The summed E-state index contributed by atoms with van der Waals surface area (Å²) in [5.41, 5.74) is 2.29. The van der Waals surface area contributed by atoms with Crippen LogP contribution in [0, 0.1) is 11.8 Å². The summed E-state index contributed by atoms with van der Waals surface area (Å²) in [5, 5.41) is 9.89. The Morgan fingerprint density at radius 1 is 1.28 bits per heavy atom. The summed E-state index contributed by atoms with van der Waals surface area (Å²) in [6.07, 6.45) is 5.90. The van der Waals surface area contributed by atoms with Crippen molar-refractivity contribution in [2.45, 2.75) is 52.2 Å². The average molecular weight is 250 g/mol. The minimum absolute atomic E-state index is 0.0174. The van der Waals surface area contributed by atoms with Gasteiger partial charge in [-0.25, -0.2) is 0 Å². The molecule has 2 aliphatic rings. The highest BCUT2D eigenvalue weighted by Gasteiger charge is 2.40. The lowest BCUT2D eigenvalue weighted by Crippen LogP contribution is -2.19. The van der Waals surface area contributed by atoms with Gasteiger partial charge in [-0.15, -0.1) is 0 Å². The molecule has 0 amide bonds. The monoisotopic (exact) mass is 250 g/mol. The van der Waals surface area contributed by atoms with Crippen molar-refractivity contribution in [3.05, 3.63) is 23.3 Å². The fraction of sp³-hybridized carbons (Fsp3) is 0.667. The van der Waals surface area contributed by atoms with E-state index in [1.807, 2.05) is 32.9 Å². The topological polar surface area (TPSA) is 46.5 Å². The van der Waals surface area contributed by atoms with E-state index in [0.717, 1.165) is 18.4 Å². The van der Waals surface area contributed by atoms with Gasteiger partial charge in [0.25, 0.3) is 0 Å². The molecule has 100 valence electrons. The van der Waals surface area contributed by atoms with Crippen molar-refractivity contribution in [1.82, 2.24) is 0 Å². The first-order valence-corrected chi connectivity index (χ1v) is 6.70. The molecule has 0 aromatic heterocycles. The van der Waals surface area contributed by atoms with Gasteiger partial charge in [-0.1, -0.05) is 24.1 Å². The van der Waals surface area contributed by atoms with E-state index in [1.165, 1.54) is 5.57 Å². The van der Waals surface area contributed by atoms with Gasteiger partial charge in [0.05, 0.1) is 12.0 Å². The van der Waals surface area contributed by atoms with Crippen LogP contribution in [0.2, 0.25) is 0 Å². The van der Waals surface area contributed by atoms with Gasteiger partial charge in [0.15, 0.2) is 0 Å². The van der Waals surface area contributed by atoms with Crippen LogP contribution in [0.15, 0.2) is 23.3 Å². The van der Waals surface area contributed by atoms with Crippen molar-refractivity contribution in [2.75, 3.05) is 0 Å². The number of carbonyl (C=O) groups is 1. The minimum atomic E-state index is -0.424. The van der Waals surface area contributed by atoms with E-state index < -0.39 is 6.10 Å². The summed E-state index contributed by atoms with van der Waals surface area (Å²) in [7, 11) is 0. The molecule has 4 atom stereocenters. The lowest BCUT2D eigenvalue weighted by Gasteiger charge is -2.20. The third-order valence-corrected chi connectivity index (χ3v) is 4.02. The first kappa shape index (κ1) is 13.3. The number of hydrogen-bond acceptors (Lipinski definition) is 3. The normalized spacial score (nSPS) is 43.2. The zero-order valence-electron chi connectivity index (χ0n) is 11.3. The molecule has 1 saturated heterocycles. The van der Waals surface area contributed by atoms with E-state index in [4.69, 9.17) is 4.74 Å². The number of aliphatic hydroxyl groups is 1. The molecule has 3 heteroatoms. The summed E-state index contributed by atoms with van der Waals surface area (Å²) in [6.45, 7) is 5.99. The fourth-order valence-corrected chi connectivity index (χ4v) is 2.90. The molecule has 1 heterocycles. The highest BCUT2D eigenvalue weighted by Crippen LogP contribution is 2.35. The Bertz CT molecular complexity index is 395. The van der Waals surface area contributed by atoms with Crippen LogP contribution in [0.5, 0.6) is 0 Å². The summed E-state index contributed by atoms with van der Waals surface area (Å²) in [6, 6.07) is 0. The second-order valence-corrected chi connectivity index (χ2v) is 5.69. The average Bonchev–Trinajstić information content (AvgIpc) is 2.51. The number of carbonyl (C=O) groups excluding carboxylic acids is 1. The zero-order chi connectivity index (χ0) is 13.3. The van der Waals surface area contributed by atoms with Gasteiger partial charge in [0.2, 0.25) is 0 Å². The Kier molecular flexibility index (Phi) is 3.91. The van der Waals surface area contributed by atoms with Gasteiger partial charge in [-0.2, -0.15) is 0 Å². The number of fused-ring (bicyclic) bond motifs is 1. The maximum Gasteiger partial charge on any atom is 0.309 e. The Morgan fingerprint density at radius 3 is 2.72 bits per heavy atom. The van der Waals surface area contributed by atoms with Crippen molar-refractivity contribution in [3.63, 3.8) is 0 Å². The molecule has 0 spiro atoms. The van der Waals surface area contributed by atoms with Crippen LogP contribution >= 0.6 is 0 Å². The molecule has 0 aromatic carbocycles. The van der Waals surface area contributed by atoms with E-state index in [9.17, 15) is 9.90 Å². The van der Waals surface area contributed by atoms with Crippen LogP contribution < -0.4 is 0 Å². The van der Waals surface area contributed by atoms with Gasteiger partial charge in [-0.3, -0.25) is 4.79 Å². The molecule has 1 aliphatic carbocycles. The lowest BCUT2D eigenvalue weighted by atomic mass is 9.84. The SMILES string of the molecule is C/C1=C\[C@@H](O)C/C(C)=C/[C@@H]2OC(=O)C(C)[C@@H]2CC1. The van der Waals surface area contributed by atoms with Crippen LogP contribution in [0.4, 0.5) is 0 Å². The third kappa shape index (κ3) is 2.83. The predicted molar refractivity (Wildman–Crippen MR) is 69.9 cm³/mol. The van der Waals surface area contributed by atoms with Crippen LogP contribution in [0.25, 0.3) is 0 Å². The molecule has 1 N–H and O–H groups in total. The predicted octanol–water partition coefficient (Wildman–Crippen LogP) is 2.60. The molecule has 2 rings (SSSR count). The van der Waals surface area contributed by atoms with E-state index in [2.05, 4.69) is 0 Å². The molecule has 1 fully saturated rings. The van der Waals surface area contributed by atoms with Gasteiger partial charge in [0, 0.05) is 5.92 Å². The number of allylic oxidation sites excluding steroid dienone is 1. The standard InChI is InChI=1S/C15H22O3/c1-9-4-5-13-11(3)15(17)18-14(13)8-10(2)7-12(16)6-9/h6,8,11-14,16H,4-5,7H2,1-3H3/b9-6+,10-8+/t11?,12-,13+,14+/m1/s1. The summed E-state index contributed by atoms with van der Waals surface area (Å²) in [5.74, 6) is 0.165. The van der Waals surface area contributed by atoms with Crippen molar-refractivity contribution < 1.29 is 14.6 Å². The maximum atomic E-state index is 11.7. The molecule has 3 nitrogen and oxygen atoms in total. The van der Waals surface area contributed by atoms with Crippen molar-refractivity contribution in [3.8, 4) is 0 Å². The number of aliphatic hydroxyl groups excluding tert-OH is 1. The summed E-state index contributed by atoms with van der Waals surface area (Å²) < 4.78 is 5.43. The van der Waals surface area contributed by atoms with E-state index in [1.54, 1.807) is 0 Å². The number of esters is 1. The van der Waals surface area contributed by atoms with Crippen LogP contribution in [-0.2, 0) is 9.53 Å². The summed E-state index contributed by atoms with van der Waals surface area (Å²) >= 11 is 0. The largest absolute Gasteiger partial charge is 0.458 e. The molecule has 1 aliphatic heterocycles. The quantitative estimate of drug-likeness (QED) is 0.531. The van der Waals surface area contributed by atoms with Crippen molar-refractivity contribution in [2.24, 2.45) is 11.8 Å². The second kappa shape index (κ2) is 5.27. The van der Waals surface area contributed by atoms with Gasteiger partial charge in [0.1, 0.15) is 6.10 Å². The highest BCUT2D eigenvalue weighted by molar-refractivity contribution is 5.75. The molecular formula is C15H22O3. The fourth-order valence-electron chi connectivity index (χ4n) is 2.90. The van der Waals surface area contributed by atoms with Crippen LogP contribution in [0.1, 0.15) is 40.0 Å². The second-order valence-electron chi connectivity index (χ2n) is 5.69. The first-order chi connectivity index (χ1) is 8.47. The Balaban J connectivity index is 2.24. The zero-order valence-corrected chi connectivity index (χ0v) is 11.3. The third-order valence-electron chi connectivity index (χ3n) is 4.02. The van der Waals surface area contributed by atoms with E-state index in [-0.39, 0.29) is 23.9 Å². The molecule has 0 radical (unpaired) electrons. The smallest absolute Gasteiger partial charge is 0.309 e. The molecule has 0 aromatic rings. The highest BCUT2D eigenvalue weighted by atomic mass is 16.6. The van der Waals surface area contributed by atoms with Gasteiger partial charge >= 0.3 is 5.97 Å². The number of hydrogen-bond donors (Lipinski definition) is 1. The van der Waals surface area contributed by atoms with Gasteiger partial charge < -0.3 is 9.84 Å².